The van der Waals surface area contributed by atoms with Crippen LogP contribution < -0.4 is 4.90 Å². The summed E-state index contributed by atoms with van der Waals surface area (Å²) in [6.07, 6.45) is 1.99. The van der Waals surface area contributed by atoms with Gasteiger partial charge in [0.15, 0.2) is 5.13 Å². The number of rotatable bonds is 7. The van der Waals surface area contributed by atoms with Crippen LogP contribution in [0.2, 0.25) is 0 Å². The van der Waals surface area contributed by atoms with Gasteiger partial charge >= 0.3 is 5.97 Å². The van der Waals surface area contributed by atoms with E-state index in [1.165, 1.54) is 4.88 Å². The maximum absolute atomic E-state index is 11.9. The lowest BCUT2D eigenvalue weighted by Crippen LogP contribution is -2.24. The molecule has 1 aromatic heterocycles. The van der Waals surface area contributed by atoms with Crippen LogP contribution in [-0.2, 0) is 20.7 Å². The summed E-state index contributed by atoms with van der Waals surface area (Å²) in [5.41, 5.74) is 0.921. The van der Waals surface area contributed by atoms with Crippen LogP contribution in [0.15, 0.2) is 0 Å². The van der Waals surface area contributed by atoms with Crippen molar-refractivity contribution >= 4 is 22.4 Å². The van der Waals surface area contributed by atoms with E-state index in [0.29, 0.717) is 13.2 Å². The van der Waals surface area contributed by atoms with Gasteiger partial charge in [-0.25, -0.2) is 4.98 Å². The predicted molar refractivity (Wildman–Crippen MR) is 84.2 cm³/mol. The van der Waals surface area contributed by atoms with E-state index < -0.39 is 0 Å². The smallest absolute Gasteiger partial charge is 0.315 e. The molecule has 5 nitrogen and oxygen atoms in total. The molecule has 0 aliphatic heterocycles. The molecule has 0 bridgehead atoms. The zero-order valence-electron chi connectivity index (χ0n) is 13.2. The van der Waals surface area contributed by atoms with Gasteiger partial charge in [0.2, 0.25) is 0 Å². The molecule has 1 aromatic rings. The number of aromatic nitrogens is 1. The third-order valence-corrected chi connectivity index (χ3v) is 4.73. The number of ether oxygens (including phenoxy) is 2. The van der Waals surface area contributed by atoms with Crippen molar-refractivity contribution in [1.82, 2.24) is 4.98 Å². The summed E-state index contributed by atoms with van der Waals surface area (Å²) >= 11 is 1.68. The fourth-order valence-corrected chi connectivity index (χ4v) is 3.49. The SMILES string of the molecule is CCOC(=O)C1CCc2sc(N(C)CCOC(C)C)nc21. The van der Waals surface area contributed by atoms with Gasteiger partial charge in [-0.2, -0.15) is 0 Å². The van der Waals surface area contributed by atoms with Crippen molar-refractivity contribution in [3.05, 3.63) is 10.6 Å². The molecule has 0 radical (unpaired) electrons. The summed E-state index contributed by atoms with van der Waals surface area (Å²) in [7, 11) is 2.01. The number of anilines is 1. The number of nitrogens with zero attached hydrogens (tertiary/aromatic N) is 2. The Morgan fingerprint density at radius 1 is 1.52 bits per heavy atom. The Kier molecular flexibility index (Phi) is 5.58. The first kappa shape index (κ1) is 16.2. The molecule has 21 heavy (non-hydrogen) atoms. The van der Waals surface area contributed by atoms with Gasteiger partial charge in [0.25, 0.3) is 0 Å². The van der Waals surface area contributed by atoms with Gasteiger partial charge in [0, 0.05) is 18.5 Å². The van der Waals surface area contributed by atoms with Crippen LogP contribution in [0.4, 0.5) is 5.13 Å². The minimum Gasteiger partial charge on any atom is -0.465 e. The minimum atomic E-state index is -0.176. The molecule has 0 amide bonds. The minimum absolute atomic E-state index is 0.140. The number of esters is 1. The molecule has 6 heteroatoms. The van der Waals surface area contributed by atoms with Crippen LogP contribution in [0.3, 0.4) is 0 Å². The molecule has 0 aromatic carbocycles. The third kappa shape index (κ3) is 3.95. The van der Waals surface area contributed by atoms with Crippen molar-refractivity contribution in [2.45, 2.75) is 45.6 Å². The average Bonchev–Trinajstić information content (AvgIpc) is 2.97. The van der Waals surface area contributed by atoms with Crippen molar-refractivity contribution in [3.63, 3.8) is 0 Å². The topological polar surface area (TPSA) is 51.7 Å². The first-order valence-electron chi connectivity index (χ1n) is 7.51. The summed E-state index contributed by atoms with van der Waals surface area (Å²) in [5.74, 6) is -0.316. The van der Waals surface area contributed by atoms with E-state index in [2.05, 4.69) is 9.88 Å². The molecule has 2 rings (SSSR count). The quantitative estimate of drug-likeness (QED) is 0.724. The fourth-order valence-electron chi connectivity index (χ4n) is 2.37. The lowest BCUT2D eigenvalue weighted by Gasteiger charge is -2.17. The third-order valence-electron chi connectivity index (χ3n) is 3.48. The van der Waals surface area contributed by atoms with Crippen LogP contribution in [-0.4, -0.2) is 43.9 Å². The van der Waals surface area contributed by atoms with E-state index in [1.807, 2.05) is 27.8 Å². The number of thiazole rings is 1. The summed E-state index contributed by atoms with van der Waals surface area (Å²) in [4.78, 5) is 19.9. The van der Waals surface area contributed by atoms with Gasteiger partial charge in [0.05, 0.1) is 25.0 Å². The first-order chi connectivity index (χ1) is 10.0. The highest BCUT2D eigenvalue weighted by Crippen LogP contribution is 2.39. The summed E-state index contributed by atoms with van der Waals surface area (Å²) in [6.45, 7) is 7.80. The molecular formula is C15H24N2O3S. The molecule has 0 spiro atoms. The van der Waals surface area contributed by atoms with Crippen LogP contribution in [0.1, 0.15) is 43.7 Å². The number of fused-ring (bicyclic) bond motifs is 1. The highest BCUT2D eigenvalue weighted by Gasteiger charge is 2.34. The van der Waals surface area contributed by atoms with Gasteiger partial charge in [-0.15, -0.1) is 11.3 Å². The van der Waals surface area contributed by atoms with Crippen molar-refractivity contribution in [3.8, 4) is 0 Å². The van der Waals surface area contributed by atoms with Gasteiger partial charge in [-0.1, -0.05) is 0 Å². The van der Waals surface area contributed by atoms with E-state index in [1.54, 1.807) is 11.3 Å². The van der Waals surface area contributed by atoms with Crippen LogP contribution in [0.5, 0.6) is 0 Å². The Morgan fingerprint density at radius 2 is 2.29 bits per heavy atom. The number of hydrogen-bond acceptors (Lipinski definition) is 6. The summed E-state index contributed by atoms with van der Waals surface area (Å²) in [6, 6.07) is 0. The first-order valence-corrected chi connectivity index (χ1v) is 8.33. The Morgan fingerprint density at radius 3 is 2.95 bits per heavy atom. The zero-order valence-corrected chi connectivity index (χ0v) is 14.0. The second kappa shape index (κ2) is 7.22. The van der Waals surface area contributed by atoms with Gasteiger partial charge < -0.3 is 14.4 Å². The molecule has 1 unspecified atom stereocenters. The Balaban J connectivity index is 1.99. The molecule has 1 atom stereocenters. The Hall–Kier alpha value is -1.14. The molecule has 1 heterocycles. The van der Waals surface area contributed by atoms with Gasteiger partial charge in [0.1, 0.15) is 5.92 Å². The highest BCUT2D eigenvalue weighted by molar-refractivity contribution is 7.15. The maximum Gasteiger partial charge on any atom is 0.315 e. The molecule has 0 saturated carbocycles. The van der Waals surface area contributed by atoms with E-state index in [0.717, 1.165) is 30.2 Å². The maximum atomic E-state index is 11.9. The van der Waals surface area contributed by atoms with Crippen molar-refractivity contribution in [2.24, 2.45) is 0 Å². The predicted octanol–water partition coefficient (Wildman–Crippen LogP) is 2.60. The van der Waals surface area contributed by atoms with Crippen molar-refractivity contribution in [2.75, 3.05) is 31.7 Å². The average molecular weight is 312 g/mol. The summed E-state index contributed by atoms with van der Waals surface area (Å²) < 4.78 is 10.7. The van der Waals surface area contributed by atoms with Crippen molar-refractivity contribution in [1.29, 1.82) is 0 Å². The van der Waals surface area contributed by atoms with Crippen molar-refractivity contribution < 1.29 is 14.3 Å². The Bertz CT molecular complexity index is 487. The second-order valence-corrected chi connectivity index (χ2v) is 6.55. The zero-order chi connectivity index (χ0) is 15.4. The molecule has 118 valence electrons. The largest absolute Gasteiger partial charge is 0.465 e. The molecule has 0 saturated heterocycles. The number of aryl methyl sites for hydroxylation is 1. The van der Waals surface area contributed by atoms with Gasteiger partial charge in [-0.05, 0) is 33.6 Å². The fraction of sp³-hybridized carbons (Fsp3) is 0.733. The van der Waals surface area contributed by atoms with Crippen LogP contribution in [0, 0.1) is 0 Å². The number of carbonyl (C=O) groups excluding carboxylic acids is 1. The number of hydrogen-bond donors (Lipinski definition) is 0. The van der Waals surface area contributed by atoms with Crippen LogP contribution >= 0.6 is 11.3 Å². The second-order valence-electron chi connectivity index (χ2n) is 5.49. The lowest BCUT2D eigenvalue weighted by molar-refractivity contribution is -0.145. The van der Waals surface area contributed by atoms with E-state index in [9.17, 15) is 4.79 Å². The molecule has 1 aliphatic rings. The number of carbonyl (C=O) groups is 1. The van der Waals surface area contributed by atoms with Crippen LogP contribution in [0.25, 0.3) is 0 Å². The molecule has 0 N–H and O–H groups in total. The monoisotopic (exact) mass is 312 g/mol. The lowest BCUT2D eigenvalue weighted by atomic mass is 10.1. The van der Waals surface area contributed by atoms with Gasteiger partial charge in [-0.3, -0.25) is 4.79 Å². The standard InChI is InChI=1S/C15H24N2O3S/c1-5-19-14(18)11-6-7-12-13(11)16-15(21-12)17(4)8-9-20-10(2)3/h10-11H,5-9H2,1-4H3. The highest BCUT2D eigenvalue weighted by atomic mass is 32.1. The molecule has 1 aliphatic carbocycles. The van der Waals surface area contributed by atoms with E-state index >= 15 is 0 Å². The van der Waals surface area contributed by atoms with E-state index in [4.69, 9.17) is 9.47 Å². The Labute approximate surface area is 130 Å². The molecule has 0 fully saturated rings. The number of likely N-dealkylation sites (N-methyl/N-ethyl adjacent to an activating group) is 1. The normalized spacial score (nSPS) is 17.1. The summed E-state index contributed by atoms with van der Waals surface area (Å²) in [5, 5.41) is 0.960. The van der Waals surface area contributed by atoms with E-state index in [-0.39, 0.29) is 18.0 Å². The molecular weight excluding hydrogens is 288 g/mol.